The van der Waals surface area contributed by atoms with Gasteiger partial charge in [-0.3, -0.25) is 4.79 Å². The van der Waals surface area contributed by atoms with E-state index in [1.54, 1.807) is 19.2 Å². The van der Waals surface area contributed by atoms with Crippen LogP contribution in [0.1, 0.15) is 6.92 Å². The third-order valence-corrected chi connectivity index (χ3v) is 2.10. The van der Waals surface area contributed by atoms with Crippen LogP contribution < -0.4 is 0 Å². The van der Waals surface area contributed by atoms with Gasteiger partial charge in [-0.25, -0.2) is 0 Å². The molecule has 2 heteroatoms. The van der Waals surface area contributed by atoms with Crippen LogP contribution in [0.3, 0.4) is 0 Å². The van der Waals surface area contributed by atoms with E-state index in [0.29, 0.717) is 0 Å². The molecule has 0 bridgehead atoms. The molecule has 0 atom stereocenters. The Labute approximate surface area is 82.5 Å². The minimum absolute atomic E-state index is 0.0581. The first-order valence-electron chi connectivity index (χ1n) is 4.52. The summed E-state index contributed by atoms with van der Waals surface area (Å²) in [7, 11) is 0. The molecule has 2 nitrogen and oxygen atoms in total. The molecule has 0 aliphatic carbocycles. The van der Waals surface area contributed by atoms with E-state index in [0.717, 1.165) is 5.52 Å². The summed E-state index contributed by atoms with van der Waals surface area (Å²) in [6.07, 6.45) is 5.29. The van der Waals surface area contributed by atoms with Crippen LogP contribution in [0.5, 0.6) is 0 Å². The van der Waals surface area contributed by atoms with Gasteiger partial charge in [-0.2, -0.15) is 0 Å². The lowest BCUT2D eigenvalue weighted by molar-refractivity contribution is -0.112. The van der Waals surface area contributed by atoms with Crippen molar-refractivity contribution in [2.24, 2.45) is 0 Å². The number of hydrogen-bond donors (Lipinski definition) is 0. The average molecular weight is 185 g/mol. The lowest BCUT2D eigenvalue weighted by atomic mass is 10.2. The fourth-order valence-electron chi connectivity index (χ4n) is 1.42. The molecule has 0 saturated carbocycles. The van der Waals surface area contributed by atoms with Gasteiger partial charge in [-0.05, 0) is 30.5 Å². The van der Waals surface area contributed by atoms with Crippen molar-refractivity contribution in [3.05, 3.63) is 42.6 Å². The van der Waals surface area contributed by atoms with E-state index in [9.17, 15) is 4.79 Å². The molecule has 14 heavy (non-hydrogen) atoms. The minimum Gasteiger partial charge on any atom is -0.323 e. The second kappa shape index (κ2) is 3.50. The molecule has 2 rings (SSSR count). The molecule has 0 amide bonds. The van der Waals surface area contributed by atoms with Gasteiger partial charge in [0.05, 0.1) is 5.52 Å². The standard InChI is InChI=1S/C12H11NO/c1-10(14)6-8-13-9-7-11-4-2-3-5-12(11)13/h2-9H,1H3/b8-6+. The third-order valence-electron chi connectivity index (χ3n) is 2.10. The molecule has 70 valence electrons. The number of rotatable bonds is 2. The minimum atomic E-state index is 0.0581. The number of hydrogen-bond acceptors (Lipinski definition) is 1. The summed E-state index contributed by atoms with van der Waals surface area (Å²) in [5.41, 5.74) is 1.12. The van der Waals surface area contributed by atoms with Gasteiger partial charge in [0.2, 0.25) is 0 Å². The van der Waals surface area contributed by atoms with Crippen LogP contribution in [0.4, 0.5) is 0 Å². The molecule has 2 aromatic rings. The van der Waals surface area contributed by atoms with E-state index < -0.39 is 0 Å². The summed E-state index contributed by atoms with van der Waals surface area (Å²) in [4.78, 5) is 10.8. The SMILES string of the molecule is CC(=O)/C=C/n1ccc2ccccc21. The van der Waals surface area contributed by atoms with Crippen LogP contribution in [-0.2, 0) is 4.79 Å². The summed E-state index contributed by atoms with van der Waals surface area (Å²) in [6.45, 7) is 1.54. The molecule has 0 aliphatic heterocycles. The second-order valence-electron chi connectivity index (χ2n) is 3.21. The van der Waals surface area contributed by atoms with Gasteiger partial charge < -0.3 is 4.57 Å². The lowest BCUT2D eigenvalue weighted by Gasteiger charge is -1.95. The Bertz CT molecular complexity index is 494. The molecule has 0 fully saturated rings. The highest BCUT2D eigenvalue weighted by molar-refractivity contribution is 5.91. The van der Waals surface area contributed by atoms with Gasteiger partial charge in [0.15, 0.2) is 5.78 Å². The number of allylic oxidation sites excluding steroid dienone is 1. The molecular formula is C12H11NO. The first-order chi connectivity index (χ1) is 6.77. The summed E-state index contributed by atoms with van der Waals surface area (Å²) in [6, 6.07) is 10.1. The quantitative estimate of drug-likeness (QED) is 0.659. The maximum Gasteiger partial charge on any atom is 0.154 e. The third kappa shape index (κ3) is 1.59. The highest BCUT2D eigenvalue weighted by Gasteiger charge is 1.95. The Kier molecular flexibility index (Phi) is 2.19. The van der Waals surface area contributed by atoms with Crippen molar-refractivity contribution in [1.82, 2.24) is 4.57 Å². The van der Waals surface area contributed by atoms with E-state index in [1.807, 2.05) is 41.1 Å². The molecule has 0 spiro atoms. The smallest absolute Gasteiger partial charge is 0.154 e. The van der Waals surface area contributed by atoms with E-state index in [2.05, 4.69) is 0 Å². The zero-order chi connectivity index (χ0) is 9.97. The number of ketones is 1. The van der Waals surface area contributed by atoms with Gasteiger partial charge in [0.25, 0.3) is 0 Å². The molecule has 1 aromatic heterocycles. The molecule has 0 saturated heterocycles. The largest absolute Gasteiger partial charge is 0.323 e. The zero-order valence-electron chi connectivity index (χ0n) is 7.97. The van der Waals surface area contributed by atoms with Crippen LogP contribution in [0, 0.1) is 0 Å². The highest BCUT2D eigenvalue weighted by Crippen LogP contribution is 2.14. The molecule has 0 N–H and O–H groups in total. The number of benzene rings is 1. The number of aromatic nitrogens is 1. The molecule has 0 aliphatic rings. The van der Waals surface area contributed by atoms with Crippen LogP contribution in [0.2, 0.25) is 0 Å². The second-order valence-corrected chi connectivity index (χ2v) is 3.21. The van der Waals surface area contributed by atoms with Crippen molar-refractivity contribution in [3.63, 3.8) is 0 Å². The van der Waals surface area contributed by atoms with Crippen LogP contribution in [-0.4, -0.2) is 10.4 Å². The average Bonchev–Trinajstić information content (AvgIpc) is 2.58. The Balaban J connectivity index is 2.48. The zero-order valence-corrected chi connectivity index (χ0v) is 7.97. The van der Waals surface area contributed by atoms with Crippen molar-refractivity contribution < 1.29 is 4.79 Å². The van der Waals surface area contributed by atoms with Crippen LogP contribution >= 0.6 is 0 Å². The van der Waals surface area contributed by atoms with E-state index >= 15 is 0 Å². The fourth-order valence-corrected chi connectivity index (χ4v) is 1.42. The number of nitrogens with zero attached hydrogens (tertiary/aromatic N) is 1. The molecule has 1 heterocycles. The van der Waals surface area contributed by atoms with Gasteiger partial charge in [-0.1, -0.05) is 18.2 Å². The molecule has 0 radical (unpaired) electrons. The van der Waals surface area contributed by atoms with Gasteiger partial charge in [0, 0.05) is 12.4 Å². The topological polar surface area (TPSA) is 22.0 Å². The van der Waals surface area contributed by atoms with Crippen molar-refractivity contribution >= 4 is 22.9 Å². The van der Waals surface area contributed by atoms with Crippen molar-refractivity contribution in [2.45, 2.75) is 6.92 Å². The molecule has 1 aromatic carbocycles. The van der Waals surface area contributed by atoms with E-state index in [4.69, 9.17) is 0 Å². The van der Waals surface area contributed by atoms with Crippen LogP contribution in [0.25, 0.3) is 17.1 Å². The summed E-state index contributed by atoms with van der Waals surface area (Å²) in [5, 5.41) is 1.18. The van der Waals surface area contributed by atoms with E-state index in [-0.39, 0.29) is 5.78 Å². The highest BCUT2D eigenvalue weighted by atomic mass is 16.1. The molecular weight excluding hydrogens is 174 g/mol. The summed E-state index contributed by atoms with van der Waals surface area (Å²) >= 11 is 0. The van der Waals surface area contributed by atoms with Gasteiger partial charge in [0.1, 0.15) is 0 Å². The first kappa shape index (κ1) is 8.75. The van der Waals surface area contributed by atoms with Crippen molar-refractivity contribution in [1.29, 1.82) is 0 Å². The predicted molar refractivity (Wildman–Crippen MR) is 57.9 cm³/mol. The van der Waals surface area contributed by atoms with Crippen molar-refractivity contribution in [2.75, 3.05) is 0 Å². The lowest BCUT2D eigenvalue weighted by Crippen LogP contribution is -1.86. The predicted octanol–water partition coefficient (Wildman–Crippen LogP) is 2.70. The van der Waals surface area contributed by atoms with Crippen LogP contribution in [0.15, 0.2) is 42.6 Å². The van der Waals surface area contributed by atoms with Gasteiger partial charge in [-0.15, -0.1) is 0 Å². The number of carbonyl (C=O) groups is 1. The normalized spacial score (nSPS) is 11.2. The summed E-state index contributed by atoms with van der Waals surface area (Å²) in [5.74, 6) is 0.0581. The maximum absolute atomic E-state index is 10.8. The monoisotopic (exact) mass is 185 g/mol. The number of carbonyl (C=O) groups excluding carboxylic acids is 1. The van der Waals surface area contributed by atoms with E-state index in [1.165, 1.54) is 5.39 Å². The van der Waals surface area contributed by atoms with Gasteiger partial charge >= 0.3 is 0 Å². The van der Waals surface area contributed by atoms with Crippen molar-refractivity contribution in [3.8, 4) is 0 Å². The number of fused-ring (bicyclic) bond motifs is 1. The summed E-state index contributed by atoms with van der Waals surface area (Å²) < 4.78 is 1.94. The Hall–Kier alpha value is -1.83. The Morgan fingerprint density at radius 2 is 2.07 bits per heavy atom. The Morgan fingerprint density at radius 3 is 2.86 bits per heavy atom. The maximum atomic E-state index is 10.8. The molecule has 0 unspecified atom stereocenters. The number of para-hydroxylation sites is 1. The first-order valence-corrected chi connectivity index (χ1v) is 4.52. The Morgan fingerprint density at radius 1 is 1.29 bits per heavy atom. The fraction of sp³-hybridized carbons (Fsp3) is 0.0833.